The largest absolute Gasteiger partial charge is 0.390 e. The highest BCUT2D eigenvalue weighted by Crippen LogP contribution is 2.67. The molecule has 5 heteroatoms. The lowest BCUT2D eigenvalue weighted by Gasteiger charge is -2.61. The Hall–Kier alpha value is -0.490. The van der Waals surface area contributed by atoms with Crippen LogP contribution in [0.5, 0.6) is 0 Å². The Kier molecular flexibility index (Phi) is 7.37. The summed E-state index contributed by atoms with van der Waals surface area (Å²) in [6.45, 7) is 13.1. The van der Waals surface area contributed by atoms with Gasteiger partial charge in [-0.15, -0.1) is 0 Å². The maximum absolute atomic E-state index is 13.4. The van der Waals surface area contributed by atoms with Gasteiger partial charge in [0.1, 0.15) is 5.78 Å². The average molecular weight is 479 g/mol. The predicted octanol–water partition coefficient (Wildman–Crippen LogP) is 4.20. The van der Waals surface area contributed by atoms with Crippen molar-refractivity contribution in [3.8, 4) is 0 Å². The highest BCUT2D eigenvalue weighted by Gasteiger charge is 2.63. The third-order valence-electron chi connectivity index (χ3n) is 11.8. The van der Waals surface area contributed by atoms with Crippen molar-refractivity contribution in [2.45, 2.75) is 117 Å². The van der Waals surface area contributed by atoms with Crippen LogP contribution in [0, 0.1) is 58.2 Å². The van der Waals surface area contributed by atoms with Gasteiger partial charge in [0.2, 0.25) is 0 Å². The summed E-state index contributed by atoms with van der Waals surface area (Å²) in [5.74, 6) is 2.12. The SMILES string of the molecule is CC[C@@H](C(C)C)[C@@H](O)[C@H](O)[C@@H](C)[C@H]1CC[C@H]2[C@@H]3CC(=O)[C@H]4C[C@H](O)[C@H](O)C[C@]4(C)[C@H]3CC[C@@]12C. The zero-order valence-corrected chi connectivity index (χ0v) is 22.3. The van der Waals surface area contributed by atoms with E-state index in [9.17, 15) is 25.2 Å². The molecule has 0 unspecified atom stereocenters. The molecule has 5 nitrogen and oxygen atoms in total. The van der Waals surface area contributed by atoms with Gasteiger partial charge in [0.15, 0.2) is 0 Å². The summed E-state index contributed by atoms with van der Waals surface area (Å²) in [6.07, 6.45) is 3.69. The molecule has 0 heterocycles. The minimum Gasteiger partial charge on any atom is -0.390 e. The van der Waals surface area contributed by atoms with Crippen LogP contribution in [-0.2, 0) is 4.79 Å². The van der Waals surface area contributed by atoms with Gasteiger partial charge < -0.3 is 20.4 Å². The van der Waals surface area contributed by atoms with Gasteiger partial charge in [-0.05, 0) is 90.8 Å². The minimum atomic E-state index is -0.783. The van der Waals surface area contributed by atoms with Crippen LogP contribution in [0.4, 0.5) is 0 Å². The van der Waals surface area contributed by atoms with Crippen LogP contribution in [0.3, 0.4) is 0 Å². The molecule has 0 aromatic rings. The Morgan fingerprint density at radius 2 is 1.59 bits per heavy atom. The van der Waals surface area contributed by atoms with Crippen LogP contribution in [0.2, 0.25) is 0 Å². The molecule has 4 fully saturated rings. The van der Waals surface area contributed by atoms with E-state index in [0.717, 1.165) is 32.1 Å². The smallest absolute Gasteiger partial charge is 0.136 e. The number of carbonyl (C=O) groups is 1. The molecule has 4 aliphatic carbocycles. The lowest BCUT2D eigenvalue weighted by molar-refractivity contribution is -0.175. The fraction of sp³-hybridized carbons (Fsp3) is 0.966. The topological polar surface area (TPSA) is 98.0 Å². The first kappa shape index (κ1) is 26.6. The lowest BCUT2D eigenvalue weighted by atomic mass is 9.44. The van der Waals surface area contributed by atoms with E-state index in [4.69, 9.17) is 0 Å². The van der Waals surface area contributed by atoms with Gasteiger partial charge in [0.25, 0.3) is 0 Å². The van der Waals surface area contributed by atoms with E-state index >= 15 is 0 Å². The third-order valence-corrected chi connectivity index (χ3v) is 11.8. The molecule has 4 saturated carbocycles. The summed E-state index contributed by atoms with van der Waals surface area (Å²) in [6, 6.07) is 0. The second-order valence-electron chi connectivity index (χ2n) is 13.6. The molecular weight excluding hydrogens is 428 g/mol. The van der Waals surface area contributed by atoms with Crippen LogP contribution in [-0.4, -0.2) is 50.6 Å². The second kappa shape index (κ2) is 9.43. The number of hydrogen-bond donors (Lipinski definition) is 4. The minimum absolute atomic E-state index is 0.0172. The van der Waals surface area contributed by atoms with Crippen LogP contribution in [0.15, 0.2) is 0 Å². The third kappa shape index (κ3) is 4.01. The molecule has 0 aromatic heterocycles. The van der Waals surface area contributed by atoms with Crippen molar-refractivity contribution < 1.29 is 25.2 Å². The van der Waals surface area contributed by atoms with Gasteiger partial charge in [0, 0.05) is 12.3 Å². The van der Waals surface area contributed by atoms with Gasteiger partial charge in [-0.25, -0.2) is 0 Å². The molecule has 0 aromatic carbocycles. The molecule has 4 N–H and O–H groups in total. The number of aliphatic hydroxyl groups excluding tert-OH is 4. The maximum atomic E-state index is 13.4. The number of hydrogen-bond acceptors (Lipinski definition) is 5. The van der Waals surface area contributed by atoms with Crippen LogP contribution >= 0.6 is 0 Å². The van der Waals surface area contributed by atoms with Gasteiger partial charge in [-0.3, -0.25) is 4.79 Å². The highest BCUT2D eigenvalue weighted by atomic mass is 16.3. The Morgan fingerprint density at radius 3 is 2.21 bits per heavy atom. The molecule has 0 saturated heterocycles. The van der Waals surface area contributed by atoms with Crippen molar-refractivity contribution >= 4 is 5.78 Å². The zero-order chi connectivity index (χ0) is 25.2. The molecule has 0 aliphatic heterocycles. The van der Waals surface area contributed by atoms with Crippen molar-refractivity contribution in [2.75, 3.05) is 0 Å². The fourth-order valence-electron chi connectivity index (χ4n) is 9.89. The molecule has 0 radical (unpaired) electrons. The van der Waals surface area contributed by atoms with Crippen molar-refractivity contribution in [3.63, 3.8) is 0 Å². The number of Topliss-reactive ketones (excluding diaryl/α,β-unsaturated/α-hetero) is 1. The molecule has 196 valence electrons. The monoisotopic (exact) mass is 478 g/mol. The van der Waals surface area contributed by atoms with E-state index in [0.29, 0.717) is 48.9 Å². The number of carbonyl (C=O) groups excluding carboxylic acids is 1. The Labute approximate surface area is 206 Å². The van der Waals surface area contributed by atoms with Crippen LogP contribution in [0.1, 0.15) is 92.9 Å². The molecule has 4 aliphatic rings. The summed E-state index contributed by atoms with van der Waals surface area (Å²) in [5.41, 5.74) is -0.165. The Balaban J connectivity index is 1.55. The fourth-order valence-corrected chi connectivity index (χ4v) is 9.89. The normalized spacial score (nSPS) is 48.0. The quantitative estimate of drug-likeness (QED) is 0.459. The molecule has 0 bridgehead atoms. The van der Waals surface area contributed by atoms with Gasteiger partial charge in [0.05, 0.1) is 24.4 Å². The first-order chi connectivity index (χ1) is 15.9. The van der Waals surface area contributed by atoms with Crippen molar-refractivity contribution in [1.82, 2.24) is 0 Å². The summed E-state index contributed by atoms with van der Waals surface area (Å²) in [5, 5.41) is 43.1. The van der Waals surface area contributed by atoms with Crippen molar-refractivity contribution in [2.24, 2.45) is 58.2 Å². The zero-order valence-electron chi connectivity index (χ0n) is 22.3. The lowest BCUT2D eigenvalue weighted by Crippen LogP contribution is -2.59. The standard InChI is InChI=1S/C29H50O5/c1-7-17(15(2)3)27(34)26(33)16(4)19-8-9-20-18-12-23(30)22-13-24(31)25(32)14-29(22,6)21(18)10-11-28(19,20)5/h15-22,24-27,31-34H,7-14H2,1-6H3/t16-,17-,18-,19+,20-,21-,22+,24-,25+,26+,27+,28-,29+/m0/s1. The molecule has 0 spiro atoms. The predicted molar refractivity (Wildman–Crippen MR) is 133 cm³/mol. The summed E-state index contributed by atoms with van der Waals surface area (Å²) in [7, 11) is 0. The first-order valence-corrected chi connectivity index (χ1v) is 14.1. The average Bonchev–Trinajstić information content (AvgIpc) is 3.12. The number of rotatable bonds is 6. The van der Waals surface area contributed by atoms with E-state index < -0.39 is 24.4 Å². The first-order valence-electron chi connectivity index (χ1n) is 14.1. The van der Waals surface area contributed by atoms with Gasteiger partial charge in [-0.2, -0.15) is 0 Å². The van der Waals surface area contributed by atoms with Crippen LogP contribution in [0.25, 0.3) is 0 Å². The molecule has 4 rings (SSSR count). The van der Waals surface area contributed by atoms with Gasteiger partial charge in [-0.1, -0.05) is 48.0 Å². The number of aliphatic hydroxyl groups is 4. The molecular formula is C29H50O5. The van der Waals surface area contributed by atoms with E-state index in [-0.39, 0.29) is 34.4 Å². The Morgan fingerprint density at radius 1 is 0.941 bits per heavy atom. The van der Waals surface area contributed by atoms with Crippen molar-refractivity contribution in [3.05, 3.63) is 0 Å². The Bertz CT molecular complexity index is 753. The molecule has 13 atom stereocenters. The van der Waals surface area contributed by atoms with Crippen molar-refractivity contribution in [1.29, 1.82) is 0 Å². The summed E-state index contributed by atoms with van der Waals surface area (Å²) < 4.78 is 0. The van der Waals surface area contributed by atoms with Crippen LogP contribution < -0.4 is 0 Å². The second-order valence-corrected chi connectivity index (χ2v) is 13.6. The van der Waals surface area contributed by atoms with E-state index in [1.807, 2.05) is 0 Å². The van der Waals surface area contributed by atoms with E-state index in [1.54, 1.807) is 0 Å². The molecule has 0 amide bonds. The van der Waals surface area contributed by atoms with Gasteiger partial charge >= 0.3 is 0 Å². The maximum Gasteiger partial charge on any atom is 0.136 e. The highest BCUT2D eigenvalue weighted by molar-refractivity contribution is 5.83. The van der Waals surface area contributed by atoms with E-state index in [1.165, 1.54) is 0 Å². The number of ketones is 1. The number of fused-ring (bicyclic) bond motifs is 5. The van der Waals surface area contributed by atoms with E-state index in [2.05, 4.69) is 41.5 Å². The summed E-state index contributed by atoms with van der Waals surface area (Å²) >= 11 is 0. The molecule has 34 heavy (non-hydrogen) atoms. The summed E-state index contributed by atoms with van der Waals surface area (Å²) in [4.78, 5) is 13.4.